The Bertz CT molecular complexity index is 532. The highest BCUT2D eigenvalue weighted by molar-refractivity contribution is 7.47. The van der Waals surface area contributed by atoms with E-state index in [4.69, 9.17) is 9.26 Å². The quantitative estimate of drug-likeness (QED) is 0.119. The molecule has 0 aliphatic heterocycles. The number of carbonyl (C=O) groups is 2. The summed E-state index contributed by atoms with van der Waals surface area (Å²) in [6.45, 7) is 3.20. The summed E-state index contributed by atoms with van der Waals surface area (Å²) in [7, 11) is -4.37. The minimum Gasteiger partial charge on any atom is -0.463 e. The molecule has 0 saturated heterocycles. The smallest absolute Gasteiger partial charge is 0.463 e. The normalized spacial score (nSPS) is 14.0. The van der Waals surface area contributed by atoms with Crippen LogP contribution in [-0.4, -0.2) is 54.3 Å². The summed E-state index contributed by atoms with van der Waals surface area (Å²) in [6.07, 6.45) is 11.6. The summed E-state index contributed by atoms with van der Waals surface area (Å²) in [6, 6.07) is 0. The van der Waals surface area contributed by atoms with Gasteiger partial charge >= 0.3 is 13.8 Å². The third kappa shape index (κ3) is 20.9. The lowest BCUT2D eigenvalue weighted by molar-refractivity contribution is -0.147. The van der Waals surface area contributed by atoms with Gasteiger partial charge in [-0.15, -0.1) is 0 Å². The zero-order valence-electron chi connectivity index (χ0n) is 19.9. The summed E-state index contributed by atoms with van der Waals surface area (Å²) < 4.78 is 26.1. The fraction of sp³-hybridized carbons (Fsp3) is 0.909. The van der Waals surface area contributed by atoms with Gasteiger partial charge in [-0.3, -0.25) is 18.6 Å². The molecule has 0 saturated carbocycles. The number of phosphoric ester groups is 1. The second-order valence-corrected chi connectivity index (χ2v) is 9.42. The van der Waals surface area contributed by atoms with Crippen LogP contribution in [0.15, 0.2) is 0 Å². The molecule has 0 aliphatic carbocycles. The number of hydrogen-bond donors (Lipinski definition) is 3. The van der Waals surface area contributed by atoms with Crippen LogP contribution < -0.4 is 5.32 Å². The molecule has 2 unspecified atom stereocenters. The van der Waals surface area contributed by atoms with Crippen molar-refractivity contribution >= 4 is 19.7 Å². The summed E-state index contributed by atoms with van der Waals surface area (Å²) in [5, 5.41) is 12.3. The van der Waals surface area contributed by atoms with E-state index in [-0.39, 0.29) is 32.1 Å². The molecule has 3 N–H and O–H groups in total. The number of ether oxygens (including phenoxy) is 1. The maximum atomic E-state index is 11.8. The van der Waals surface area contributed by atoms with Crippen LogP contribution in [0.1, 0.15) is 97.3 Å². The summed E-state index contributed by atoms with van der Waals surface area (Å²) >= 11 is 0. The van der Waals surface area contributed by atoms with Gasteiger partial charge in [0.25, 0.3) is 0 Å². The Morgan fingerprint density at radius 3 is 2.06 bits per heavy atom. The van der Waals surface area contributed by atoms with Gasteiger partial charge in [-0.2, -0.15) is 0 Å². The molecular formula is C22H44NO8P. The van der Waals surface area contributed by atoms with Crippen molar-refractivity contribution in [1.82, 2.24) is 5.32 Å². The average molecular weight is 482 g/mol. The maximum absolute atomic E-state index is 11.8. The number of aliphatic hydroxyl groups is 1. The number of aliphatic hydroxyl groups excluding tert-OH is 1. The minimum absolute atomic E-state index is 0.0851. The predicted octanol–water partition coefficient (Wildman–Crippen LogP) is 4.25. The molecule has 0 spiro atoms. The number of hydrogen-bond acceptors (Lipinski definition) is 7. The number of phosphoric acid groups is 1. The van der Waals surface area contributed by atoms with Crippen LogP contribution in [0.3, 0.4) is 0 Å². The first-order chi connectivity index (χ1) is 15.3. The first-order valence-electron chi connectivity index (χ1n) is 12.0. The molecule has 0 aromatic rings. The highest BCUT2D eigenvalue weighted by Crippen LogP contribution is 2.42. The van der Waals surface area contributed by atoms with Crippen molar-refractivity contribution in [2.24, 2.45) is 0 Å². The summed E-state index contributed by atoms with van der Waals surface area (Å²) in [5.41, 5.74) is 0. The van der Waals surface area contributed by atoms with E-state index in [1.807, 2.05) is 6.92 Å². The van der Waals surface area contributed by atoms with Gasteiger partial charge in [0, 0.05) is 19.4 Å². The zero-order chi connectivity index (χ0) is 24.1. The largest absolute Gasteiger partial charge is 0.472 e. The molecule has 0 heterocycles. The molecule has 0 fully saturated rings. The van der Waals surface area contributed by atoms with Gasteiger partial charge in [-0.25, -0.2) is 4.57 Å². The van der Waals surface area contributed by atoms with E-state index in [1.165, 1.54) is 38.5 Å². The Morgan fingerprint density at radius 1 is 0.844 bits per heavy atom. The third-order valence-electron chi connectivity index (χ3n) is 4.79. The highest BCUT2D eigenvalue weighted by Gasteiger charge is 2.23. The summed E-state index contributed by atoms with van der Waals surface area (Å²) in [4.78, 5) is 32.7. The number of esters is 1. The first-order valence-corrected chi connectivity index (χ1v) is 13.5. The number of nitrogens with one attached hydrogen (secondary N) is 1. The molecular weight excluding hydrogens is 437 g/mol. The molecule has 0 rings (SSSR count). The van der Waals surface area contributed by atoms with E-state index in [2.05, 4.69) is 16.8 Å². The van der Waals surface area contributed by atoms with Gasteiger partial charge in [0.15, 0.2) is 0 Å². The SMILES string of the molecule is CCCCCCCCCCCC(=O)NCCOP(=O)(O)OCC(O)COC(=O)CCCC. The Morgan fingerprint density at radius 2 is 1.44 bits per heavy atom. The van der Waals surface area contributed by atoms with Crippen molar-refractivity contribution < 1.29 is 37.9 Å². The van der Waals surface area contributed by atoms with Crippen molar-refractivity contribution in [3.8, 4) is 0 Å². The van der Waals surface area contributed by atoms with Crippen molar-refractivity contribution in [3.05, 3.63) is 0 Å². The van der Waals surface area contributed by atoms with Gasteiger partial charge < -0.3 is 20.1 Å². The topological polar surface area (TPSA) is 131 Å². The maximum Gasteiger partial charge on any atom is 0.472 e. The van der Waals surface area contributed by atoms with Gasteiger partial charge in [0.05, 0.1) is 13.2 Å². The Kier molecular flexibility index (Phi) is 20.0. The van der Waals surface area contributed by atoms with E-state index >= 15 is 0 Å². The second kappa shape index (κ2) is 20.6. The molecule has 9 nitrogen and oxygen atoms in total. The average Bonchev–Trinajstić information content (AvgIpc) is 2.76. The second-order valence-electron chi connectivity index (χ2n) is 7.97. The van der Waals surface area contributed by atoms with Crippen molar-refractivity contribution in [1.29, 1.82) is 0 Å². The van der Waals surface area contributed by atoms with Gasteiger partial charge in [0.2, 0.25) is 5.91 Å². The van der Waals surface area contributed by atoms with Crippen molar-refractivity contribution in [3.63, 3.8) is 0 Å². The van der Waals surface area contributed by atoms with Crippen LogP contribution in [-0.2, 0) is 27.9 Å². The van der Waals surface area contributed by atoms with Crippen molar-refractivity contribution in [2.45, 2.75) is 103 Å². The molecule has 190 valence electrons. The van der Waals surface area contributed by atoms with E-state index in [0.29, 0.717) is 12.8 Å². The minimum atomic E-state index is -4.37. The van der Waals surface area contributed by atoms with Crippen LogP contribution in [0.5, 0.6) is 0 Å². The molecule has 0 aromatic heterocycles. The van der Waals surface area contributed by atoms with Gasteiger partial charge in [-0.05, 0) is 12.8 Å². The Balaban J connectivity index is 3.68. The number of amides is 1. The van der Waals surface area contributed by atoms with E-state index in [1.54, 1.807) is 0 Å². The molecule has 32 heavy (non-hydrogen) atoms. The van der Waals surface area contributed by atoms with Gasteiger partial charge in [0.1, 0.15) is 12.7 Å². The molecule has 0 aromatic carbocycles. The molecule has 2 atom stereocenters. The lowest BCUT2D eigenvalue weighted by Crippen LogP contribution is -2.27. The van der Waals surface area contributed by atoms with Crippen LogP contribution in [0.25, 0.3) is 0 Å². The fourth-order valence-corrected chi connectivity index (χ4v) is 3.64. The van der Waals surface area contributed by atoms with E-state index in [9.17, 15) is 24.2 Å². The Labute approximate surface area is 193 Å². The summed E-state index contributed by atoms with van der Waals surface area (Å²) in [5.74, 6) is -0.557. The number of rotatable bonds is 22. The fourth-order valence-electron chi connectivity index (χ4n) is 2.88. The van der Waals surface area contributed by atoms with E-state index in [0.717, 1.165) is 25.7 Å². The van der Waals surface area contributed by atoms with Gasteiger partial charge in [-0.1, -0.05) is 71.6 Å². The molecule has 0 bridgehead atoms. The first kappa shape index (κ1) is 31.0. The van der Waals surface area contributed by atoms with E-state index < -0.39 is 26.5 Å². The van der Waals surface area contributed by atoms with Crippen LogP contribution in [0, 0.1) is 0 Å². The monoisotopic (exact) mass is 481 g/mol. The molecule has 0 radical (unpaired) electrons. The lowest BCUT2D eigenvalue weighted by Gasteiger charge is -2.15. The zero-order valence-corrected chi connectivity index (χ0v) is 20.8. The number of unbranched alkanes of at least 4 members (excludes halogenated alkanes) is 9. The predicted molar refractivity (Wildman–Crippen MR) is 123 cm³/mol. The third-order valence-corrected chi connectivity index (χ3v) is 5.77. The van der Waals surface area contributed by atoms with Crippen LogP contribution >= 0.6 is 7.82 Å². The molecule has 0 aliphatic rings. The highest BCUT2D eigenvalue weighted by atomic mass is 31.2. The Hall–Kier alpha value is -0.990. The lowest BCUT2D eigenvalue weighted by atomic mass is 10.1. The number of carbonyl (C=O) groups excluding carboxylic acids is 2. The van der Waals surface area contributed by atoms with Crippen LogP contribution in [0.4, 0.5) is 0 Å². The van der Waals surface area contributed by atoms with Crippen molar-refractivity contribution in [2.75, 3.05) is 26.4 Å². The standard InChI is InChI=1S/C22H44NO8P/c1-3-5-7-8-9-10-11-12-13-14-21(25)23-16-17-30-32(27,28)31-19-20(24)18-29-22(26)15-6-4-2/h20,24H,3-19H2,1-2H3,(H,23,25)(H,27,28). The molecule has 1 amide bonds. The van der Waals surface area contributed by atoms with Crippen LogP contribution in [0.2, 0.25) is 0 Å². The molecule has 10 heteroatoms.